The van der Waals surface area contributed by atoms with Crippen molar-refractivity contribution in [2.45, 2.75) is 12.0 Å². The number of benzene rings is 1. The van der Waals surface area contributed by atoms with Gasteiger partial charge in [0, 0.05) is 24.4 Å². The van der Waals surface area contributed by atoms with E-state index in [0.29, 0.717) is 35.9 Å². The summed E-state index contributed by atoms with van der Waals surface area (Å²) >= 11 is 0. The van der Waals surface area contributed by atoms with Gasteiger partial charge in [-0.25, -0.2) is 9.97 Å². The lowest BCUT2D eigenvalue weighted by Gasteiger charge is -2.23. The van der Waals surface area contributed by atoms with Gasteiger partial charge < -0.3 is 5.32 Å². The molecule has 1 aliphatic rings. The Hall–Kier alpha value is -4.45. The van der Waals surface area contributed by atoms with Gasteiger partial charge in [0.2, 0.25) is 5.95 Å². The maximum Gasteiger partial charge on any atom is 0.287 e. The lowest BCUT2D eigenvalue weighted by molar-refractivity contribution is -0.385. The van der Waals surface area contributed by atoms with Crippen molar-refractivity contribution >= 4 is 17.9 Å². The highest BCUT2D eigenvalue weighted by Gasteiger charge is 2.32. The van der Waals surface area contributed by atoms with Crippen LogP contribution in [0.2, 0.25) is 0 Å². The Bertz CT molecular complexity index is 1190. The van der Waals surface area contributed by atoms with E-state index in [2.05, 4.69) is 31.3 Å². The van der Waals surface area contributed by atoms with Gasteiger partial charge in [0.1, 0.15) is 17.8 Å². The topological polar surface area (TPSA) is 130 Å². The fourth-order valence-corrected chi connectivity index (χ4v) is 3.33. The molecule has 3 aromatic rings. The second kappa shape index (κ2) is 8.51. The van der Waals surface area contributed by atoms with Crippen molar-refractivity contribution in [2.75, 3.05) is 11.9 Å². The molecule has 0 amide bonds. The minimum absolute atomic E-state index is 0.0672. The molecule has 1 N–H and O–H groups in total. The van der Waals surface area contributed by atoms with Gasteiger partial charge in [-0.3, -0.25) is 20.1 Å². The highest BCUT2D eigenvalue weighted by molar-refractivity contribution is 5.75. The molecule has 0 saturated carbocycles. The molecule has 2 aromatic heterocycles. The summed E-state index contributed by atoms with van der Waals surface area (Å²) in [4.78, 5) is 28.0. The first-order chi connectivity index (χ1) is 15.1. The first kappa shape index (κ1) is 19.8. The lowest BCUT2D eigenvalue weighted by atomic mass is 9.92. The molecule has 0 radical (unpaired) electrons. The summed E-state index contributed by atoms with van der Waals surface area (Å²) in [5, 5.41) is 23.5. The van der Waals surface area contributed by atoms with Gasteiger partial charge in [0.25, 0.3) is 5.69 Å². The Morgan fingerprint density at radius 1 is 1.13 bits per heavy atom. The number of anilines is 1. The number of nitrogens with zero attached hydrogens (tertiary/aromatic N) is 6. The number of rotatable bonds is 7. The number of nitro groups is 1. The largest absolute Gasteiger partial charge is 0.354 e. The number of hydrogen-bond donors (Lipinski definition) is 1. The minimum Gasteiger partial charge on any atom is -0.354 e. The number of pyridine rings is 1. The molecule has 1 atom stereocenters. The second-order valence-electron chi connectivity index (χ2n) is 6.83. The number of hydrogen-bond acceptors (Lipinski definition) is 8. The fraction of sp³-hybridized carbons (Fsp3) is 0.136. The van der Waals surface area contributed by atoms with E-state index in [1.54, 1.807) is 12.3 Å². The van der Waals surface area contributed by atoms with Gasteiger partial charge in [0.05, 0.1) is 28.1 Å². The first-order valence-corrected chi connectivity index (χ1v) is 9.52. The zero-order valence-corrected chi connectivity index (χ0v) is 16.3. The van der Waals surface area contributed by atoms with E-state index in [1.807, 2.05) is 42.5 Å². The van der Waals surface area contributed by atoms with Crippen LogP contribution >= 0.6 is 0 Å². The van der Waals surface area contributed by atoms with Crippen molar-refractivity contribution in [3.63, 3.8) is 0 Å². The summed E-state index contributed by atoms with van der Waals surface area (Å²) in [7, 11) is 0. The number of aliphatic imine (C=N–C) groups is 1. The molecule has 9 heteroatoms. The van der Waals surface area contributed by atoms with Crippen LogP contribution in [0.5, 0.6) is 0 Å². The van der Waals surface area contributed by atoms with Crippen molar-refractivity contribution in [1.29, 1.82) is 5.26 Å². The summed E-state index contributed by atoms with van der Waals surface area (Å²) in [6.07, 6.45) is 8.71. The molecule has 0 bridgehead atoms. The standard InChI is InChI=1S/C22H17N7O2/c23-13-17-14-26-21(28-20(17)16-5-2-1-3-6-16)24-12-10-22(9-4-11-27-22)19-8-7-18(15-25-19)29(30)31/h1-9,11,14-15H,10,12H2,(H,24,26,28). The predicted molar refractivity (Wildman–Crippen MR) is 115 cm³/mol. The van der Waals surface area contributed by atoms with E-state index in [9.17, 15) is 15.4 Å². The van der Waals surface area contributed by atoms with Crippen LogP contribution in [-0.2, 0) is 5.54 Å². The van der Waals surface area contributed by atoms with Crippen LogP contribution in [0.25, 0.3) is 11.3 Å². The molecule has 0 aliphatic carbocycles. The van der Waals surface area contributed by atoms with E-state index < -0.39 is 10.5 Å². The molecule has 1 aromatic carbocycles. The fourth-order valence-electron chi connectivity index (χ4n) is 3.33. The first-order valence-electron chi connectivity index (χ1n) is 9.52. The number of allylic oxidation sites excluding steroid dienone is 1. The Morgan fingerprint density at radius 3 is 2.61 bits per heavy atom. The molecular weight excluding hydrogens is 394 g/mol. The van der Waals surface area contributed by atoms with Crippen LogP contribution in [0.1, 0.15) is 17.7 Å². The zero-order valence-electron chi connectivity index (χ0n) is 16.3. The van der Waals surface area contributed by atoms with Crippen molar-refractivity contribution in [3.05, 3.63) is 88.4 Å². The summed E-state index contributed by atoms with van der Waals surface area (Å²) in [6, 6.07) is 14.6. The van der Waals surface area contributed by atoms with Gasteiger partial charge in [-0.05, 0) is 24.6 Å². The smallest absolute Gasteiger partial charge is 0.287 e. The molecule has 0 spiro atoms. The summed E-state index contributed by atoms with van der Waals surface area (Å²) in [5.74, 6) is 0.399. The van der Waals surface area contributed by atoms with E-state index >= 15 is 0 Å². The van der Waals surface area contributed by atoms with Crippen molar-refractivity contribution in [1.82, 2.24) is 15.0 Å². The third-order valence-electron chi connectivity index (χ3n) is 4.91. The maximum absolute atomic E-state index is 10.9. The minimum atomic E-state index is -0.711. The molecule has 9 nitrogen and oxygen atoms in total. The third-order valence-corrected chi connectivity index (χ3v) is 4.91. The normalized spacial score (nSPS) is 16.7. The third kappa shape index (κ3) is 4.13. The van der Waals surface area contributed by atoms with Crippen LogP contribution in [0.15, 0.2) is 72.0 Å². The number of nitriles is 1. The Balaban J connectivity index is 1.51. The molecule has 31 heavy (non-hydrogen) atoms. The highest BCUT2D eigenvalue weighted by Crippen LogP contribution is 2.33. The van der Waals surface area contributed by atoms with Crippen LogP contribution in [-0.4, -0.2) is 32.6 Å². The maximum atomic E-state index is 10.9. The molecule has 0 fully saturated rings. The second-order valence-corrected chi connectivity index (χ2v) is 6.83. The number of nitrogens with one attached hydrogen (secondary N) is 1. The molecular formula is C22H17N7O2. The SMILES string of the molecule is N#Cc1cnc(NCCC2(c3ccc([N+](=O)[O-])cn3)C=CC=N2)nc1-c1ccccc1. The van der Waals surface area contributed by atoms with Crippen LogP contribution in [0.3, 0.4) is 0 Å². The monoisotopic (exact) mass is 411 g/mol. The van der Waals surface area contributed by atoms with Gasteiger partial charge in [-0.2, -0.15) is 5.26 Å². The molecule has 1 unspecified atom stereocenters. The summed E-state index contributed by atoms with van der Waals surface area (Å²) < 4.78 is 0. The van der Waals surface area contributed by atoms with Crippen LogP contribution in [0, 0.1) is 21.4 Å². The van der Waals surface area contributed by atoms with Gasteiger partial charge in [-0.1, -0.05) is 30.3 Å². The molecule has 1 aliphatic heterocycles. The average molecular weight is 411 g/mol. The quantitative estimate of drug-likeness (QED) is 0.464. The molecule has 152 valence electrons. The average Bonchev–Trinajstić information content (AvgIpc) is 3.29. The Labute approximate surface area is 178 Å². The predicted octanol–water partition coefficient (Wildman–Crippen LogP) is 3.66. The number of aromatic nitrogens is 3. The summed E-state index contributed by atoms with van der Waals surface area (Å²) in [6.45, 7) is 0.473. The van der Waals surface area contributed by atoms with E-state index in [1.165, 1.54) is 18.5 Å². The molecule has 4 rings (SSSR count). The summed E-state index contributed by atoms with van der Waals surface area (Å²) in [5.41, 5.74) is 1.63. The zero-order chi connectivity index (χ0) is 21.7. The van der Waals surface area contributed by atoms with Crippen LogP contribution in [0.4, 0.5) is 11.6 Å². The van der Waals surface area contributed by atoms with Crippen molar-refractivity contribution in [2.24, 2.45) is 4.99 Å². The van der Waals surface area contributed by atoms with Gasteiger partial charge >= 0.3 is 0 Å². The van der Waals surface area contributed by atoms with E-state index in [0.717, 1.165) is 5.56 Å². The van der Waals surface area contributed by atoms with Crippen molar-refractivity contribution in [3.8, 4) is 17.3 Å². The van der Waals surface area contributed by atoms with E-state index in [4.69, 9.17) is 0 Å². The van der Waals surface area contributed by atoms with E-state index in [-0.39, 0.29) is 5.69 Å². The van der Waals surface area contributed by atoms with Crippen LogP contribution < -0.4 is 5.32 Å². The Morgan fingerprint density at radius 2 is 1.97 bits per heavy atom. The molecule has 0 saturated heterocycles. The lowest BCUT2D eigenvalue weighted by Crippen LogP contribution is -2.25. The van der Waals surface area contributed by atoms with Gasteiger partial charge in [-0.15, -0.1) is 0 Å². The molecule has 3 heterocycles. The highest BCUT2D eigenvalue weighted by atomic mass is 16.6. The Kier molecular flexibility index (Phi) is 5.45. The van der Waals surface area contributed by atoms with Gasteiger partial charge in [0.15, 0.2) is 0 Å². The van der Waals surface area contributed by atoms with Crippen molar-refractivity contribution < 1.29 is 4.92 Å².